The van der Waals surface area contributed by atoms with Gasteiger partial charge < -0.3 is 25.1 Å². The van der Waals surface area contributed by atoms with E-state index in [2.05, 4.69) is 0 Å². The molecule has 0 aliphatic heterocycles. The first-order valence-electron chi connectivity index (χ1n) is 6.10. The largest absolute Gasteiger partial charge is 0.388 e. The summed E-state index contributed by atoms with van der Waals surface area (Å²) >= 11 is 0. The van der Waals surface area contributed by atoms with Crippen LogP contribution >= 0.6 is 0 Å². The zero-order valence-corrected chi connectivity index (χ0v) is 11.4. The van der Waals surface area contributed by atoms with Gasteiger partial charge in [-0.25, -0.2) is 0 Å². The van der Waals surface area contributed by atoms with Gasteiger partial charge in [-0.05, 0) is 20.3 Å². The summed E-state index contributed by atoms with van der Waals surface area (Å²) < 4.78 is 15.9. The second-order valence-corrected chi connectivity index (χ2v) is 4.57. The topological polar surface area (TPSA) is 73.9 Å². The van der Waals surface area contributed by atoms with Gasteiger partial charge in [0.2, 0.25) is 0 Å². The zero-order valence-electron chi connectivity index (χ0n) is 11.4. The Morgan fingerprint density at radius 2 is 1.94 bits per heavy atom. The highest BCUT2D eigenvalue weighted by molar-refractivity contribution is 4.74. The van der Waals surface area contributed by atoms with Crippen LogP contribution < -0.4 is 5.73 Å². The molecular formula is C12H27NO4. The molecule has 0 saturated carbocycles. The predicted octanol–water partition coefficient (Wildman–Crippen LogP) is 0.543. The van der Waals surface area contributed by atoms with Gasteiger partial charge in [0, 0.05) is 13.7 Å². The second-order valence-electron chi connectivity index (χ2n) is 4.57. The van der Waals surface area contributed by atoms with Crippen LogP contribution in [0, 0.1) is 0 Å². The van der Waals surface area contributed by atoms with E-state index in [1.54, 1.807) is 7.11 Å². The summed E-state index contributed by atoms with van der Waals surface area (Å²) in [6.45, 7) is 7.29. The molecule has 0 aliphatic rings. The van der Waals surface area contributed by atoms with Crippen LogP contribution in [-0.4, -0.2) is 56.4 Å². The molecule has 3 unspecified atom stereocenters. The Hall–Kier alpha value is -0.200. The van der Waals surface area contributed by atoms with Crippen molar-refractivity contribution in [1.82, 2.24) is 0 Å². The Balaban J connectivity index is 3.75. The normalized spacial score (nSPS) is 18.7. The summed E-state index contributed by atoms with van der Waals surface area (Å²) in [5.74, 6) is 0. The van der Waals surface area contributed by atoms with E-state index in [9.17, 15) is 5.11 Å². The minimum atomic E-state index is -0.633. The fourth-order valence-corrected chi connectivity index (χ4v) is 1.21. The number of methoxy groups -OCH3 is 1. The van der Waals surface area contributed by atoms with Crippen LogP contribution in [0.2, 0.25) is 0 Å². The lowest BCUT2D eigenvalue weighted by molar-refractivity contribution is -0.0970. The first kappa shape index (κ1) is 16.8. The van der Waals surface area contributed by atoms with E-state index in [1.807, 2.05) is 20.8 Å². The molecule has 104 valence electrons. The van der Waals surface area contributed by atoms with Crippen molar-refractivity contribution in [2.45, 2.75) is 45.0 Å². The van der Waals surface area contributed by atoms with Gasteiger partial charge in [0.25, 0.3) is 0 Å². The number of aliphatic hydroxyl groups excluding tert-OH is 1. The fourth-order valence-electron chi connectivity index (χ4n) is 1.21. The Kier molecular flexibility index (Phi) is 8.72. The molecule has 0 fully saturated rings. The van der Waals surface area contributed by atoms with Gasteiger partial charge in [0.1, 0.15) is 6.10 Å². The third-order valence-electron chi connectivity index (χ3n) is 2.78. The molecule has 17 heavy (non-hydrogen) atoms. The fraction of sp³-hybridized carbons (Fsp3) is 1.00. The molecule has 3 atom stereocenters. The molecule has 5 nitrogen and oxygen atoms in total. The summed E-state index contributed by atoms with van der Waals surface area (Å²) in [7, 11) is 1.62. The highest BCUT2D eigenvalue weighted by Crippen LogP contribution is 2.13. The molecule has 0 spiro atoms. The highest BCUT2D eigenvalue weighted by Gasteiger charge is 2.22. The monoisotopic (exact) mass is 249 g/mol. The molecule has 0 aliphatic carbocycles. The lowest BCUT2D eigenvalue weighted by Gasteiger charge is -2.28. The molecule has 0 bridgehead atoms. The maximum Gasteiger partial charge on any atom is 0.101 e. The van der Waals surface area contributed by atoms with Crippen LogP contribution in [0.4, 0.5) is 0 Å². The molecule has 3 N–H and O–H groups in total. The lowest BCUT2D eigenvalue weighted by atomic mass is 10.0. The molecule has 0 aromatic heterocycles. The molecule has 0 radical (unpaired) electrons. The zero-order chi connectivity index (χ0) is 13.3. The number of hydrogen-bond donors (Lipinski definition) is 2. The lowest BCUT2D eigenvalue weighted by Crippen LogP contribution is -2.40. The van der Waals surface area contributed by atoms with Crippen LogP contribution in [0.15, 0.2) is 0 Å². The number of hydrogen-bond acceptors (Lipinski definition) is 5. The van der Waals surface area contributed by atoms with Crippen molar-refractivity contribution in [3.63, 3.8) is 0 Å². The van der Waals surface area contributed by atoms with Gasteiger partial charge in [-0.3, -0.25) is 0 Å². The summed E-state index contributed by atoms with van der Waals surface area (Å²) in [4.78, 5) is 0. The Labute approximate surface area is 104 Å². The minimum Gasteiger partial charge on any atom is -0.388 e. The third-order valence-corrected chi connectivity index (χ3v) is 2.78. The van der Waals surface area contributed by atoms with E-state index in [-0.39, 0.29) is 24.9 Å². The summed E-state index contributed by atoms with van der Waals surface area (Å²) in [6.07, 6.45) is 0.158. The summed E-state index contributed by atoms with van der Waals surface area (Å²) in [6, 6.07) is 0. The molecule has 0 aromatic carbocycles. The summed E-state index contributed by atoms with van der Waals surface area (Å²) in [5.41, 5.74) is 5.25. The first-order valence-corrected chi connectivity index (χ1v) is 6.10. The van der Waals surface area contributed by atoms with E-state index in [0.29, 0.717) is 13.2 Å². The molecule has 0 aromatic rings. The maximum atomic E-state index is 9.69. The number of aliphatic hydroxyl groups is 1. The van der Waals surface area contributed by atoms with Crippen LogP contribution in [0.3, 0.4) is 0 Å². The SMILES string of the molecule is CCC(C)(CN)OCC(O)COC(C)COC. The van der Waals surface area contributed by atoms with E-state index in [4.69, 9.17) is 19.9 Å². The van der Waals surface area contributed by atoms with Gasteiger partial charge in [0.15, 0.2) is 0 Å². The van der Waals surface area contributed by atoms with Crippen molar-refractivity contribution in [3.05, 3.63) is 0 Å². The molecule has 0 saturated heterocycles. The molecule has 0 heterocycles. The average molecular weight is 249 g/mol. The average Bonchev–Trinajstić information content (AvgIpc) is 2.34. The minimum absolute atomic E-state index is 0.0262. The number of nitrogens with two attached hydrogens (primary N) is 1. The smallest absolute Gasteiger partial charge is 0.101 e. The summed E-state index contributed by atoms with van der Waals surface area (Å²) in [5, 5.41) is 9.69. The highest BCUT2D eigenvalue weighted by atomic mass is 16.5. The first-order chi connectivity index (χ1) is 7.97. The molecule has 5 heteroatoms. The van der Waals surface area contributed by atoms with Crippen LogP contribution in [-0.2, 0) is 14.2 Å². The second kappa shape index (κ2) is 8.83. The standard InChI is InChI=1S/C12H27NO4/c1-5-12(3,9-13)17-8-11(14)7-16-10(2)6-15-4/h10-11,14H,5-9,13H2,1-4H3. The van der Waals surface area contributed by atoms with Gasteiger partial charge in [-0.2, -0.15) is 0 Å². The number of ether oxygens (including phenoxy) is 3. The molecule has 0 rings (SSSR count). The Morgan fingerprint density at radius 3 is 2.41 bits per heavy atom. The van der Waals surface area contributed by atoms with Gasteiger partial charge in [-0.15, -0.1) is 0 Å². The van der Waals surface area contributed by atoms with Crippen molar-refractivity contribution < 1.29 is 19.3 Å². The van der Waals surface area contributed by atoms with E-state index in [1.165, 1.54) is 0 Å². The van der Waals surface area contributed by atoms with Crippen molar-refractivity contribution >= 4 is 0 Å². The van der Waals surface area contributed by atoms with E-state index >= 15 is 0 Å². The number of rotatable bonds is 10. The predicted molar refractivity (Wildman–Crippen MR) is 67.0 cm³/mol. The van der Waals surface area contributed by atoms with Crippen LogP contribution in [0.1, 0.15) is 27.2 Å². The Morgan fingerprint density at radius 1 is 1.29 bits per heavy atom. The Bertz CT molecular complexity index is 185. The van der Waals surface area contributed by atoms with E-state index < -0.39 is 6.10 Å². The van der Waals surface area contributed by atoms with Gasteiger partial charge >= 0.3 is 0 Å². The third kappa shape index (κ3) is 7.68. The van der Waals surface area contributed by atoms with E-state index in [0.717, 1.165) is 6.42 Å². The van der Waals surface area contributed by atoms with Gasteiger partial charge in [0.05, 0.1) is 31.5 Å². The van der Waals surface area contributed by atoms with Crippen molar-refractivity contribution in [2.75, 3.05) is 33.5 Å². The molecular weight excluding hydrogens is 222 g/mol. The van der Waals surface area contributed by atoms with Crippen molar-refractivity contribution in [3.8, 4) is 0 Å². The van der Waals surface area contributed by atoms with Crippen LogP contribution in [0.25, 0.3) is 0 Å². The molecule has 0 amide bonds. The van der Waals surface area contributed by atoms with Crippen LogP contribution in [0.5, 0.6) is 0 Å². The van der Waals surface area contributed by atoms with Gasteiger partial charge in [-0.1, -0.05) is 6.92 Å². The maximum absolute atomic E-state index is 9.69. The quantitative estimate of drug-likeness (QED) is 0.591. The van der Waals surface area contributed by atoms with Crippen molar-refractivity contribution in [2.24, 2.45) is 5.73 Å². The van der Waals surface area contributed by atoms with Crippen molar-refractivity contribution in [1.29, 1.82) is 0 Å².